The van der Waals surface area contributed by atoms with Gasteiger partial charge in [-0.3, -0.25) is 0 Å². The van der Waals surface area contributed by atoms with Crippen LogP contribution in [0.1, 0.15) is 12.5 Å². The lowest BCUT2D eigenvalue weighted by molar-refractivity contribution is 0.195. The summed E-state index contributed by atoms with van der Waals surface area (Å²) in [6, 6.07) is 4.75. The number of rotatable bonds is 2. The molecule has 1 N–H and O–H groups in total. The average molecular weight is 233 g/mol. The standard InChI is InChI=1S/C9H10BrFO/c1-6(12)4-7-2-3-9(11)8(10)5-7/h2-3,5-6,12H,4H2,1H3/t6-/m1/s1. The maximum atomic E-state index is 12.7. The van der Waals surface area contributed by atoms with Crippen molar-refractivity contribution in [1.82, 2.24) is 0 Å². The molecule has 0 aliphatic rings. The Kier molecular flexibility index (Phi) is 3.23. The Labute approximate surface area is 79.4 Å². The molecule has 1 nitrogen and oxygen atoms in total. The van der Waals surface area contributed by atoms with E-state index < -0.39 is 0 Å². The van der Waals surface area contributed by atoms with E-state index in [1.807, 2.05) is 0 Å². The van der Waals surface area contributed by atoms with Crippen LogP contribution in [-0.4, -0.2) is 11.2 Å². The molecule has 0 aliphatic heterocycles. The molecule has 0 radical (unpaired) electrons. The number of benzene rings is 1. The van der Waals surface area contributed by atoms with E-state index in [1.54, 1.807) is 19.1 Å². The highest BCUT2D eigenvalue weighted by Crippen LogP contribution is 2.17. The summed E-state index contributed by atoms with van der Waals surface area (Å²) in [5.41, 5.74) is 0.929. The first kappa shape index (κ1) is 9.68. The van der Waals surface area contributed by atoms with E-state index in [-0.39, 0.29) is 11.9 Å². The molecule has 0 saturated heterocycles. The van der Waals surface area contributed by atoms with Crippen molar-refractivity contribution in [3.8, 4) is 0 Å². The van der Waals surface area contributed by atoms with Crippen LogP contribution in [0.3, 0.4) is 0 Å². The molecule has 3 heteroatoms. The van der Waals surface area contributed by atoms with Crippen LogP contribution in [0, 0.1) is 5.82 Å². The fourth-order valence-electron chi connectivity index (χ4n) is 1.01. The molecule has 1 rings (SSSR count). The Morgan fingerprint density at radius 2 is 2.25 bits per heavy atom. The van der Waals surface area contributed by atoms with E-state index in [9.17, 15) is 4.39 Å². The van der Waals surface area contributed by atoms with Crippen molar-refractivity contribution in [1.29, 1.82) is 0 Å². The second kappa shape index (κ2) is 4.01. The van der Waals surface area contributed by atoms with Gasteiger partial charge >= 0.3 is 0 Å². The average Bonchev–Trinajstić information content (AvgIpc) is 1.96. The van der Waals surface area contributed by atoms with Gasteiger partial charge in [0.15, 0.2) is 0 Å². The van der Waals surface area contributed by atoms with Gasteiger partial charge < -0.3 is 5.11 Å². The molecule has 1 aromatic rings. The van der Waals surface area contributed by atoms with Gasteiger partial charge in [0.25, 0.3) is 0 Å². The van der Waals surface area contributed by atoms with Crippen LogP contribution in [0.4, 0.5) is 4.39 Å². The third kappa shape index (κ3) is 2.57. The second-order valence-corrected chi connectivity index (χ2v) is 3.66. The van der Waals surface area contributed by atoms with Crippen LogP contribution in [0.2, 0.25) is 0 Å². The molecule has 66 valence electrons. The van der Waals surface area contributed by atoms with Gasteiger partial charge in [-0.15, -0.1) is 0 Å². The molecule has 0 amide bonds. The number of aliphatic hydroxyl groups excluding tert-OH is 1. The van der Waals surface area contributed by atoms with Crippen molar-refractivity contribution in [2.24, 2.45) is 0 Å². The molecule has 1 atom stereocenters. The minimum atomic E-state index is -0.387. The zero-order chi connectivity index (χ0) is 9.14. The zero-order valence-electron chi connectivity index (χ0n) is 6.72. The predicted molar refractivity (Wildman–Crippen MR) is 49.5 cm³/mol. The van der Waals surface area contributed by atoms with Crippen LogP contribution < -0.4 is 0 Å². The Hall–Kier alpha value is -0.410. The summed E-state index contributed by atoms with van der Waals surface area (Å²) in [4.78, 5) is 0. The quantitative estimate of drug-likeness (QED) is 0.832. The third-order valence-electron chi connectivity index (χ3n) is 1.52. The summed E-state index contributed by atoms with van der Waals surface area (Å²) < 4.78 is 13.2. The summed E-state index contributed by atoms with van der Waals surface area (Å²) in [5.74, 6) is -0.274. The van der Waals surface area contributed by atoms with Crippen molar-refractivity contribution in [3.05, 3.63) is 34.1 Å². The molecule has 0 fully saturated rings. The van der Waals surface area contributed by atoms with Crippen molar-refractivity contribution >= 4 is 15.9 Å². The van der Waals surface area contributed by atoms with Gasteiger partial charge in [0.05, 0.1) is 10.6 Å². The van der Waals surface area contributed by atoms with E-state index in [2.05, 4.69) is 15.9 Å². The highest BCUT2D eigenvalue weighted by Gasteiger charge is 2.02. The molecule has 0 aromatic heterocycles. The lowest BCUT2D eigenvalue weighted by Gasteiger charge is -2.04. The first-order chi connectivity index (χ1) is 5.59. The fourth-order valence-corrected chi connectivity index (χ4v) is 1.43. The Bertz CT molecular complexity index is 273. The zero-order valence-corrected chi connectivity index (χ0v) is 8.31. The normalized spacial score (nSPS) is 13.0. The van der Waals surface area contributed by atoms with Crippen LogP contribution in [0.15, 0.2) is 22.7 Å². The van der Waals surface area contributed by atoms with E-state index in [1.165, 1.54) is 6.07 Å². The Morgan fingerprint density at radius 3 is 2.75 bits per heavy atom. The van der Waals surface area contributed by atoms with Gasteiger partial charge in [-0.05, 0) is 47.0 Å². The van der Waals surface area contributed by atoms with Crippen LogP contribution >= 0.6 is 15.9 Å². The summed E-state index contributed by atoms with van der Waals surface area (Å²) in [6.45, 7) is 1.71. The molecule has 1 aromatic carbocycles. The van der Waals surface area contributed by atoms with Crippen LogP contribution in [-0.2, 0) is 6.42 Å². The third-order valence-corrected chi connectivity index (χ3v) is 2.12. The summed E-state index contributed by atoms with van der Waals surface area (Å²) >= 11 is 3.08. The van der Waals surface area contributed by atoms with E-state index in [0.717, 1.165) is 5.56 Å². The van der Waals surface area contributed by atoms with Gasteiger partial charge in [-0.1, -0.05) is 6.07 Å². The van der Waals surface area contributed by atoms with Crippen molar-refractivity contribution in [2.45, 2.75) is 19.4 Å². The van der Waals surface area contributed by atoms with E-state index >= 15 is 0 Å². The molecule has 0 unspecified atom stereocenters. The highest BCUT2D eigenvalue weighted by molar-refractivity contribution is 9.10. The lowest BCUT2D eigenvalue weighted by Crippen LogP contribution is -2.04. The number of hydrogen-bond acceptors (Lipinski definition) is 1. The smallest absolute Gasteiger partial charge is 0.137 e. The molecule has 0 aliphatic carbocycles. The summed E-state index contributed by atoms with van der Waals surface area (Å²) in [5, 5.41) is 9.06. The fraction of sp³-hybridized carbons (Fsp3) is 0.333. The lowest BCUT2D eigenvalue weighted by atomic mass is 10.1. The van der Waals surface area contributed by atoms with Gasteiger partial charge in [0.1, 0.15) is 5.82 Å². The Balaban J connectivity index is 2.82. The number of hydrogen-bond donors (Lipinski definition) is 1. The SMILES string of the molecule is C[C@@H](O)Cc1ccc(F)c(Br)c1. The van der Waals surface area contributed by atoms with Crippen molar-refractivity contribution < 1.29 is 9.50 Å². The van der Waals surface area contributed by atoms with Crippen molar-refractivity contribution in [3.63, 3.8) is 0 Å². The van der Waals surface area contributed by atoms with Gasteiger partial charge in [0.2, 0.25) is 0 Å². The minimum absolute atomic E-state index is 0.274. The first-order valence-corrected chi connectivity index (χ1v) is 4.51. The number of halogens is 2. The molecule has 0 saturated carbocycles. The Morgan fingerprint density at radius 1 is 1.58 bits per heavy atom. The molecular formula is C9H10BrFO. The van der Waals surface area contributed by atoms with Gasteiger partial charge in [0, 0.05) is 0 Å². The molecular weight excluding hydrogens is 223 g/mol. The maximum absolute atomic E-state index is 12.7. The van der Waals surface area contributed by atoms with Crippen LogP contribution in [0.25, 0.3) is 0 Å². The van der Waals surface area contributed by atoms with Gasteiger partial charge in [-0.25, -0.2) is 4.39 Å². The molecule has 0 heterocycles. The summed E-state index contributed by atoms with van der Waals surface area (Å²) in [6.07, 6.45) is 0.168. The molecule has 0 spiro atoms. The largest absolute Gasteiger partial charge is 0.393 e. The molecule has 0 bridgehead atoms. The van der Waals surface area contributed by atoms with E-state index in [4.69, 9.17) is 5.11 Å². The van der Waals surface area contributed by atoms with E-state index in [0.29, 0.717) is 10.9 Å². The maximum Gasteiger partial charge on any atom is 0.137 e. The predicted octanol–water partition coefficient (Wildman–Crippen LogP) is 2.51. The minimum Gasteiger partial charge on any atom is -0.393 e. The summed E-state index contributed by atoms with van der Waals surface area (Å²) in [7, 11) is 0. The first-order valence-electron chi connectivity index (χ1n) is 3.71. The topological polar surface area (TPSA) is 20.2 Å². The number of aliphatic hydroxyl groups is 1. The monoisotopic (exact) mass is 232 g/mol. The highest BCUT2D eigenvalue weighted by atomic mass is 79.9. The van der Waals surface area contributed by atoms with Crippen LogP contribution in [0.5, 0.6) is 0 Å². The van der Waals surface area contributed by atoms with Crippen molar-refractivity contribution in [2.75, 3.05) is 0 Å². The van der Waals surface area contributed by atoms with Gasteiger partial charge in [-0.2, -0.15) is 0 Å². The second-order valence-electron chi connectivity index (χ2n) is 2.80. The molecule has 12 heavy (non-hydrogen) atoms.